The molecule has 3 nitrogen and oxygen atoms in total. The van der Waals surface area contributed by atoms with Crippen LogP contribution in [0.15, 0.2) is 12.1 Å². The van der Waals surface area contributed by atoms with Crippen LogP contribution in [0.5, 0.6) is 11.5 Å². The molecule has 3 rings (SSSR count). The highest BCUT2D eigenvalue weighted by molar-refractivity contribution is 5.68. The number of benzene rings is 1. The summed E-state index contributed by atoms with van der Waals surface area (Å²) < 4.78 is 11.1. The second-order valence-electron chi connectivity index (χ2n) is 3.90. The van der Waals surface area contributed by atoms with Gasteiger partial charge in [0.15, 0.2) is 0 Å². The van der Waals surface area contributed by atoms with E-state index in [2.05, 4.69) is 0 Å². The lowest BCUT2D eigenvalue weighted by Gasteiger charge is -2.08. The standard InChI is InChI=1S/C13H11NO2/c14-5-1-2-9-10-3-6-15-12(10)8-13-11(9)4-7-16-13/h1-2,8H,3-4,6-7H2/b2-1+. The van der Waals surface area contributed by atoms with Crippen LogP contribution in [0.2, 0.25) is 0 Å². The largest absolute Gasteiger partial charge is 0.493 e. The Morgan fingerprint density at radius 2 is 1.75 bits per heavy atom. The van der Waals surface area contributed by atoms with Crippen molar-refractivity contribution in [3.63, 3.8) is 0 Å². The number of nitriles is 1. The Hall–Kier alpha value is -1.95. The first-order valence-corrected chi connectivity index (χ1v) is 5.40. The number of hydrogen-bond acceptors (Lipinski definition) is 3. The van der Waals surface area contributed by atoms with Crippen molar-refractivity contribution >= 4 is 6.08 Å². The zero-order valence-corrected chi connectivity index (χ0v) is 8.82. The first-order valence-electron chi connectivity index (χ1n) is 5.40. The lowest BCUT2D eigenvalue weighted by Crippen LogP contribution is -1.91. The van der Waals surface area contributed by atoms with Gasteiger partial charge in [-0.25, -0.2) is 0 Å². The molecule has 0 radical (unpaired) electrons. The second-order valence-corrected chi connectivity index (χ2v) is 3.90. The smallest absolute Gasteiger partial charge is 0.126 e. The summed E-state index contributed by atoms with van der Waals surface area (Å²) in [7, 11) is 0. The van der Waals surface area contributed by atoms with Crippen LogP contribution in [0, 0.1) is 11.3 Å². The number of fused-ring (bicyclic) bond motifs is 2. The van der Waals surface area contributed by atoms with Crippen molar-refractivity contribution in [2.24, 2.45) is 0 Å². The molecule has 0 amide bonds. The van der Waals surface area contributed by atoms with Crippen molar-refractivity contribution in [1.29, 1.82) is 5.26 Å². The van der Waals surface area contributed by atoms with Crippen LogP contribution in [-0.4, -0.2) is 13.2 Å². The van der Waals surface area contributed by atoms with E-state index in [0.29, 0.717) is 0 Å². The minimum Gasteiger partial charge on any atom is -0.493 e. The number of ether oxygens (including phenoxy) is 2. The summed E-state index contributed by atoms with van der Waals surface area (Å²) in [6.07, 6.45) is 5.25. The van der Waals surface area contributed by atoms with Crippen LogP contribution < -0.4 is 9.47 Å². The molecule has 80 valence electrons. The normalized spacial score (nSPS) is 16.4. The lowest BCUT2D eigenvalue weighted by molar-refractivity contribution is 0.342. The van der Waals surface area contributed by atoms with Crippen molar-refractivity contribution < 1.29 is 9.47 Å². The molecule has 0 saturated heterocycles. The van der Waals surface area contributed by atoms with Crippen LogP contribution in [0.1, 0.15) is 16.7 Å². The average Bonchev–Trinajstić information content (AvgIpc) is 2.91. The van der Waals surface area contributed by atoms with E-state index < -0.39 is 0 Å². The van der Waals surface area contributed by atoms with Crippen LogP contribution >= 0.6 is 0 Å². The van der Waals surface area contributed by atoms with E-state index in [-0.39, 0.29) is 0 Å². The Morgan fingerprint density at radius 1 is 1.12 bits per heavy atom. The molecule has 2 heterocycles. The lowest BCUT2D eigenvalue weighted by atomic mass is 9.97. The minimum absolute atomic E-state index is 0.728. The molecule has 0 aromatic heterocycles. The molecular weight excluding hydrogens is 202 g/mol. The number of rotatable bonds is 1. The molecule has 0 unspecified atom stereocenters. The van der Waals surface area contributed by atoms with Gasteiger partial charge in [0.1, 0.15) is 11.5 Å². The Balaban J connectivity index is 2.20. The first-order chi connectivity index (χ1) is 7.90. The minimum atomic E-state index is 0.728. The first kappa shape index (κ1) is 9.29. The fraction of sp³-hybridized carbons (Fsp3) is 0.308. The van der Waals surface area contributed by atoms with Crippen LogP contribution in [0.4, 0.5) is 0 Å². The maximum absolute atomic E-state index is 8.63. The molecule has 1 aromatic rings. The highest BCUT2D eigenvalue weighted by Crippen LogP contribution is 2.40. The zero-order valence-electron chi connectivity index (χ0n) is 8.82. The van der Waals surface area contributed by atoms with Crippen molar-refractivity contribution in [3.05, 3.63) is 28.8 Å². The zero-order chi connectivity index (χ0) is 11.0. The van der Waals surface area contributed by atoms with Gasteiger partial charge < -0.3 is 9.47 Å². The molecule has 0 saturated carbocycles. The third-order valence-electron chi connectivity index (χ3n) is 3.05. The van der Waals surface area contributed by atoms with Gasteiger partial charge in [0.25, 0.3) is 0 Å². The number of nitrogens with zero attached hydrogens (tertiary/aromatic N) is 1. The van der Waals surface area contributed by atoms with Gasteiger partial charge in [-0.3, -0.25) is 0 Å². The Bertz CT molecular complexity index is 479. The van der Waals surface area contributed by atoms with Gasteiger partial charge in [-0.1, -0.05) is 0 Å². The van der Waals surface area contributed by atoms with E-state index >= 15 is 0 Å². The fourth-order valence-corrected chi connectivity index (χ4v) is 2.36. The van der Waals surface area contributed by atoms with E-state index in [0.717, 1.165) is 43.1 Å². The maximum Gasteiger partial charge on any atom is 0.126 e. The summed E-state index contributed by atoms with van der Waals surface area (Å²) in [6, 6.07) is 4.02. The predicted octanol–water partition coefficient (Wildman–Crippen LogP) is 2.09. The van der Waals surface area contributed by atoms with Crippen molar-refractivity contribution in [1.82, 2.24) is 0 Å². The highest BCUT2D eigenvalue weighted by atomic mass is 16.5. The molecule has 0 N–H and O–H groups in total. The molecule has 2 aliphatic rings. The molecule has 16 heavy (non-hydrogen) atoms. The van der Waals surface area contributed by atoms with E-state index in [1.807, 2.05) is 18.2 Å². The van der Waals surface area contributed by atoms with Crippen molar-refractivity contribution in [3.8, 4) is 17.6 Å². The van der Waals surface area contributed by atoms with Crippen LogP contribution in [-0.2, 0) is 12.8 Å². The second kappa shape index (κ2) is 3.57. The maximum atomic E-state index is 8.63. The third-order valence-corrected chi connectivity index (χ3v) is 3.05. The Morgan fingerprint density at radius 3 is 2.31 bits per heavy atom. The average molecular weight is 213 g/mol. The van der Waals surface area contributed by atoms with E-state index in [4.69, 9.17) is 14.7 Å². The number of hydrogen-bond donors (Lipinski definition) is 0. The molecule has 0 bridgehead atoms. The molecule has 0 aliphatic carbocycles. The van der Waals surface area contributed by atoms with Crippen LogP contribution in [0.25, 0.3) is 6.08 Å². The Labute approximate surface area is 93.9 Å². The summed E-state index contributed by atoms with van der Waals surface area (Å²) in [4.78, 5) is 0. The van der Waals surface area contributed by atoms with Gasteiger partial charge in [0.2, 0.25) is 0 Å². The van der Waals surface area contributed by atoms with E-state index in [1.54, 1.807) is 0 Å². The molecule has 0 fully saturated rings. The summed E-state index contributed by atoms with van der Waals surface area (Å²) in [5.74, 6) is 1.83. The molecule has 1 aromatic carbocycles. The molecule has 3 heteroatoms. The topological polar surface area (TPSA) is 42.2 Å². The van der Waals surface area contributed by atoms with Crippen LogP contribution in [0.3, 0.4) is 0 Å². The summed E-state index contributed by atoms with van der Waals surface area (Å²) >= 11 is 0. The molecule has 0 atom stereocenters. The van der Waals surface area contributed by atoms with Gasteiger partial charge in [-0.05, 0) is 11.6 Å². The molecular formula is C13H11NO2. The monoisotopic (exact) mass is 213 g/mol. The summed E-state index contributed by atoms with van der Waals surface area (Å²) in [5, 5.41) is 8.63. The third kappa shape index (κ3) is 1.27. The molecule has 2 aliphatic heterocycles. The summed E-state index contributed by atoms with van der Waals surface area (Å²) in [6.45, 7) is 1.46. The van der Waals surface area contributed by atoms with Gasteiger partial charge in [-0.2, -0.15) is 5.26 Å². The predicted molar refractivity (Wildman–Crippen MR) is 59.5 cm³/mol. The van der Waals surface area contributed by atoms with Gasteiger partial charge >= 0.3 is 0 Å². The fourth-order valence-electron chi connectivity index (χ4n) is 2.36. The SMILES string of the molecule is N#C/C=C/c1c2c(cc3c1CCO3)OCC2. The van der Waals surface area contributed by atoms with Gasteiger partial charge in [-0.15, -0.1) is 0 Å². The van der Waals surface area contributed by atoms with Crippen molar-refractivity contribution in [2.45, 2.75) is 12.8 Å². The van der Waals surface area contributed by atoms with Gasteiger partial charge in [0.05, 0.1) is 19.3 Å². The Kier molecular flexibility index (Phi) is 2.07. The van der Waals surface area contributed by atoms with E-state index in [1.165, 1.54) is 17.2 Å². The summed E-state index contributed by atoms with van der Waals surface area (Å²) in [5.41, 5.74) is 3.57. The quantitative estimate of drug-likeness (QED) is 0.671. The highest BCUT2D eigenvalue weighted by Gasteiger charge is 2.24. The van der Waals surface area contributed by atoms with E-state index in [9.17, 15) is 0 Å². The van der Waals surface area contributed by atoms with Crippen molar-refractivity contribution in [2.75, 3.05) is 13.2 Å². The molecule has 0 spiro atoms. The van der Waals surface area contributed by atoms with Gasteiger partial charge in [0, 0.05) is 36.1 Å². The number of allylic oxidation sites excluding steroid dienone is 1.